The Labute approximate surface area is 159 Å². The number of sulfonamides is 1. The van der Waals surface area contributed by atoms with Crippen molar-refractivity contribution in [3.63, 3.8) is 0 Å². The Kier molecular flexibility index (Phi) is 5.65. The molecule has 0 radical (unpaired) electrons. The smallest absolute Gasteiger partial charge is 0.243 e. The lowest BCUT2D eigenvalue weighted by Crippen LogP contribution is -2.44. The normalized spacial score (nSPS) is 14.3. The number of hydrogen-bond acceptors (Lipinski definition) is 3. The van der Waals surface area contributed by atoms with Crippen LogP contribution in [0, 0.1) is 0 Å². The van der Waals surface area contributed by atoms with Crippen molar-refractivity contribution in [3.8, 4) is 0 Å². The molecule has 5 nitrogen and oxygen atoms in total. The standard InChI is InChI=1S/C19H21ClN2O3S/c1-2-22(26(24,25)18-9-7-17(20)8-10-18)14-19(23)21-12-11-15-5-3-4-6-16(15)13-21/h3-10H,2,11-14H2,1H3. The van der Waals surface area contributed by atoms with E-state index >= 15 is 0 Å². The van der Waals surface area contributed by atoms with E-state index in [1.165, 1.54) is 34.1 Å². The summed E-state index contributed by atoms with van der Waals surface area (Å²) >= 11 is 5.83. The summed E-state index contributed by atoms with van der Waals surface area (Å²) in [7, 11) is -3.73. The number of fused-ring (bicyclic) bond motifs is 1. The molecule has 0 aromatic heterocycles. The van der Waals surface area contributed by atoms with Gasteiger partial charge in [0.2, 0.25) is 15.9 Å². The van der Waals surface area contributed by atoms with Crippen LogP contribution in [0.15, 0.2) is 53.4 Å². The van der Waals surface area contributed by atoms with E-state index in [1.54, 1.807) is 11.8 Å². The van der Waals surface area contributed by atoms with Gasteiger partial charge < -0.3 is 4.90 Å². The quantitative estimate of drug-likeness (QED) is 0.786. The molecule has 0 unspecified atom stereocenters. The van der Waals surface area contributed by atoms with E-state index in [0.29, 0.717) is 18.1 Å². The van der Waals surface area contributed by atoms with Crippen LogP contribution in [-0.2, 0) is 27.8 Å². The first-order chi connectivity index (χ1) is 12.4. The van der Waals surface area contributed by atoms with Gasteiger partial charge in [0.15, 0.2) is 0 Å². The molecule has 2 aromatic rings. The third kappa shape index (κ3) is 3.92. The largest absolute Gasteiger partial charge is 0.337 e. The molecule has 0 aliphatic carbocycles. The van der Waals surface area contributed by atoms with Crippen LogP contribution in [0.3, 0.4) is 0 Å². The van der Waals surface area contributed by atoms with Gasteiger partial charge >= 0.3 is 0 Å². The fourth-order valence-corrected chi connectivity index (χ4v) is 4.61. The molecule has 0 spiro atoms. The van der Waals surface area contributed by atoms with Crippen molar-refractivity contribution in [3.05, 3.63) is 64.7 Å². The summed E-state index contributed by atoms with van der Waals surface area (Å²) in [5.74, 6) is -0.182. The Balaban J connectivity index is 1.74. The van der Waals surface area contributed by atoms with Crippen molar-refractivity contribution in [1.29, 1.82) is 0 Å². The maximum atomic E-state index is 12.8. The molecule has 1 aliphatic rings. The van der Waals surface area contributed by atoms with Crippen molar-refractivity contribution in [2.24, 2.45) is 0 Å². The average molecular weight is 393 g/mol. The van der Waals surface area contributed by atoms with Crippen LogP contribution in [0.25, 0.3) is 0 Å². The maximum absolute atomic E-state index is 12.8. The van der Waals surface area contributed by atoms with E-state index < -0.39 is 10.0 Å². The zero-order valence-electron chi connectivity index (χ0n) is 14.6. The predicted molar refractivity (Wildman–Crippen MR) is 101 cm³/mol. The van der Waals surface area contributed by atoms with Gasteiger partial charge in [-0.15, -0.1) is 0 Å². The molecule has 26 heavy (non-hydrogen) atoms. The van der Waals surface area contributed by atoms with E-state index in [4.69, 9.17) is 11.6 Å². The minimum Gasteiger partial charge on any atom is -0.337 e. The summed E-state index contributed by atoms with van der Waals surface area (Å²) in [6, 6.07) is 14.0. The molecule has 1 heterocycles. The van der Waals surface area contributed by atoms with Gasteiger partial charge in [0.25, 0.3) is 0 Å². The zero-order chi connectivity index (χ0) is 18.7. The van der Waals surface area contributed by atoms with Crippen molar-refractivity contribution in [2.45, 2.75) is 24.8 Å². The number of likely N-dealkylation sites (N-methyl/N-ethyl adjacent to an activating group) is 1. The van der Waals surface area contributed by atoms with Crippen molar-refractivity contribution in [1.82, 2.24) is 9.21 Å². The van der Waals surface area contributed by atoms with Gasteiger partial charge in [-0.2, -0.15) is 4.31 Å². The number of carbonyl (C=O) groups excluding carboxylic acids is 1. The first-order valence-electron chi connectivity index (χ1n) is 8.52. The maximum Gasteiger partial charge on any atom is 0.243 e. The number of carbonyl (C=O) groups is 1. The lowest BCUT2D eigenvalue weighted by atomic mass is 10.00. The first kappa shape index (κ1) is 18.9. The van der Waals surface area contributed by atoms with E-state index in [1.807, 2.05) is 18.2 Å². The van der Waals surface area contributed by atoms with Gasteiger partial charge in [-0.3, -0.25) is 4.79 Å². The van der Waals surface area contributed by atoms with Gasteiger partial charge in [0, 0.05) is 24.7 Å². The Hall–Kier alpha value is -1.89. The molecule has 0 saturated carbocycles. The molecule has 0 atom stereocenters. The summed E-state index contributed by atoms with van der Waals surface area (Å²) in [6.45, 7) is 2.92. The second-order valence-electron chi connectivity index (χ2n) is 6.22. The van der Waals surface area contributed by atoms with Crippen LogP contribution in [-0.4, -0.2) is 43.2 Å². The van der Waals surface area contributed by atoms with Crippen LogP contribution in [0.1, 0.15) is 18.1 Å². The van der Waals surface area contributed by atoms with Crippen molar-refractivity contribution >= 4 is 27.5 Å². The second-order valence-corrected chi connectivity index (χ2v) is 8.59. The minimum atomic E-state index is -3.73. The average Bonchev–Trinajstić information content (AvgIpc) is 2.65. The topological polar surface area (TPSA) is 57.7 Å². The highest BCUT2D eigenvalue weighted by atomic mass is 35.5. The molecule has 138 valence electrons. The zero-order valence-corrected chi connectivity index (χ0v) is 16.1. The Morgan fingerprint density at radius 2 is 1.77 bits per heavy atom. The summed E-state index contributed by atoms with van der Waals surface area (Å²) in [5, 5.41) is 0.468. The summed E-state index contributed by atoms with van der Waals surface area (Å²) in [6.07, 6.45) is 0.790. The molecular weight excluding hydrogens is 372 g/mol. The SMILES string of the molecule is CCN(CC(=O)N1CCc2ccccc2C1)S(=O)(=O)c1ccc(Cl)cc1. The molecule has 1 amide bonds. The minimum absolute atomic E-state index is 0.139. The van der Waals surface area contributed by atoms with Gasteiger partial charge in [-0.25, -0.2) is 8.42 Å². The second kappa shape index (κ2) is 7.78. The molecular formula is C19H21ClN2O3S. The fraction of sp³-hybridized carbons (Fsp3) is 0.316. The predicted octanol–water partition coefficient (Wildman–Crippen LogP) is 2.94. The third-order valence-corrected chi connectivity index (χ3v) is 6.79. The van der Waals surface area contributed by atoms with E-state index in [9.17, 15) is 13.2 Å². The molecule has 3 rings (SSSR count). The summed E-state index contributed by atoms with van der Waals surface area (Å²) in [4.78, 5) is 14.6. The van der Waals surface area contributed by atoms with Crippen LogP contribution in [0.4, 0.5) is 0 Å². The van der Waals surface area contributed by atoms with Crippen LogP contribution >= 0.6 is 11.6 Å². The van der Waals surface area contributed by atoms with E-state index in [0.717, 1.165) is 12.0 Å². The molecule has 0 fully saturated rings. The Morgan fingerprint density at radius 3 is 2.42 bits per heavy atom. The van der Waals surface area contributed by atoms with Crippen LogP contribution in [0.2, 0.25) is 5.02 Å². The summed E-state index contributed by atoms with van der Waals surface area (Å²) in [5.41, 5.74) is 2.37. The molecule has 1 aliphatic heterocycles. The number of rotatable bonds is 5. The number of benzene rings is 2. The molecule has 7 heteroatoms. The molecule has 0 bridgehead atoms. The number of halogens is 1. The van der Waals surface area contributed by atoms with Gasteiger partial charge in [-0.05, 0) is 41.8 Å². The lowest BCUT2D eigenvalue weighted by molar-refractivity contribution is -0.132. The number of hydrogen-bond donors (Lipinski definition) is 0. The van der Waals surface area contributed by atoms with Crippen molar-refractivity contribution < 1.29 is 13.2 Å². The Bertz CT molecular complexity index is 897. The summed E-state index contributed by atoms with van der Waals surface area (Å²) < 4.78 is 26.8. The molecule has 0 N–H and O–H groups in total. The highest BCUT2D eigenvalue weighted by Gasteiger charge is 2.28. The highest BCUT2D eigenvalue weighted by molar-refractivity contribution is 7.89. The Morgan fingerprint density at radius 1 is 1.12 bits per heavy atom. The van der Waals surface area contributed by atoms with Gasteiger partial charge in [-0.1, -0.05) is 42.8 Å². The van der Waals surface area contributed by atoms with Crippen molar-refractivity contribution in [2.75, 3.05) is 19.6 Å². The fourth-order valence-electron chi connectivity index (χ4n) is 3.08. The van der Waals surface area contributed by atoms with Crippen LogP contribution < -0.4 is 0 Å². The van der Waals surface area contributed by atoms with E-state index in [-0.39, 0.29) is 23.9 Å². The molecule has 2 aromatic carbocycles. The van der Waals surface area contributed by atoms with Gasteiger partial charge in [0.1, 0.15) is 0 Å². The highest BCUT2D eigenvalue weighted by Crippen LogP contribution is 2.21. The van der Waals surface area contributed by atoms with Crippen LogP contribution in [0.5, 0.6) is 0 Å². The number of amides is 1. The third-order valence-electron chi connectivity index (χ3n) is 4.60. The lowest BCUT2D eigenvalue weighted by Gasteiger charge is -2.30. The first-order valence-corrected chi connectivity index (χ1v) is 10.3. The number of nitrogens with zero attached hydrogens (tertiary/aromatic N) is 2. The molecule has 0 saturated heterocycles. The monoisotopic (exact) mass is 392 g/mol. The van der Waals surface area contributed by atoms with Gasteiger partial charge in [0.05, 0.1) is 11.4 Å². The van der Waals surface area contributed by atoms with E-state index in [2.05, 4.69) is 6.07 Å².